The molecule has 0 amide bonds. The van der Waals surface area contributed by atoms with Crippen LogP contribution in [0.3, 0.4) is 0 Å². The number of ether oxygens (including phenoxy) is 1. The first-order chi connectivity index (χ1) is 8.66. The minimum atomic E-state index is 0.535. The summed E-state index contributed by atoms with van der Waals surface area (Å²) in [5, 5.41) is 5.87. The summed E-state index contributed by atoms with van der Waals surface area (Å²) >= 11 is 12.5. The fourth-order valence-corrected chi connectivity index (χ4v) is 2.52. The van der Waals surface area contributed by atoms with E-state index in [-0.39, 0.29) is 0 Å². The Morgan fingerprint density at radius 2 is 2.17 bits per heavy atom. The quantitative estimate of drug-likeness (QED) is 0.800. The number of benzene rings is 1. The fourth-order valence-electron chi connectivity index (χ4n) is 2.04. The van der Waals surface area contributed by atoms with Crippen LogP contribution in [0.25, 0.3) is 5.69 Å². The third kappa shape index (κ3) is 1.92. The molecular formula is C13H12Cl2N2O. The van der Waals surface area contributed by atoms with E-state index in [4.69, 9.17) is 27.9 Å². The molecule has 1 aromatic carbocycles. The number of hydrogen-bond donors (Lipinski definition) is 0. The molecule has 0 N–H and O–H groups in total. The summed E-state index contributed by atoms with van der Waals surface area (Å²) in [7, 11) is 0. The molecule has 0 saturated heterocycles. The molecule has 3 rings (SSSR count). The van der Waals surface area contributed by atoms with E-state index in [1.165, 1.54) is 0 Å². The summed E-state index contributed by atoms with van der Waals surface area (Å²) in [5.74, 6) is 0. The van der Waals surface area contributed by atoms with Crippen molar-refractivity contribution in [2.75, 3.05) is 6.61 Å². The van der Waals surface area contributed by atoms with Gasteiger partial charge in [-0.1, -0.05) is 29.3 Å². The van der Waals surface area contributed by atoms with Crippen molar-refractivity contribution in [3.63, 3.8) is 0 Å². The average Bonchev–Trinajstić information content (AvgIpc) is 2.71. The molecule has 2 heterocycles. The first kappa shape index (κ1) is 12.0. The second-order valence-corrected chi connectivity index (χ2v) is 5.13. The highest BCUT2D eigenvalue weighted by molar-refractivity contribution is 6.32. The zero-order valence-corrected chi connectivity index (χ0v) is 11.4. The van der Waals surface area contributed by atoms with Gasteiger partial charge in [0.2, 0.25) is 0 Å². The van der Waals surface area contributed by atoms with Gasteiger partial charge < -0.3 is 4.74 Å². The molecule has 1 aliphatic rings. The van der Waals surface area contributed by atoms with Gasteiger partial charge in [-0.05, 0) is 24.6 Å². The van der Waals surface area contributed by atoms with Crippen LogP contribution in [0, 0.1) is 6.92 Å². The smallest absolute Gasteiger partial charge is 0.138 e. The molecule has 3 nitrogen and oxygen atoms in total. The molecule has 5 heteroatoms. The second-order valence-electron chi connectivity index (χ2n) is 4.36. The monoisotopic (exact) mass is 282 g/mol. The van der Waals surface area contributed by atoms with Crippen LogP contribution in [-0.2, 0) is 17.8 Å². The van der Waals surface area contributed by atoms with Crippen LogP contribution in [0.1, 0.15) is 16.8 Å². The van der Waals surface area contributed by atoms with Gasteiger partial charge in [-0.15, -0.1) is 0 Å². The number of fused-ring (bicyclic) bond motifs is 1. The van der Waals surface area contributed by atoms with Gasteiger partial charge in [0.25, 0.3) is 0 Å². The van der Waals surface area contributed by atoms with E-state index in [0.717, 1.165) is 28.9 Å². The van der Waals surface area contributed by atoms with Crippen LogP contribution in [-0.4, -0.2) is 16.4 Å². The minimum Gasteiger partial charge on any atom is -0.376 e. The third-order valence-electron chi connectivity index (χ3n) is 3.13. The summed E-state index contributed by atoms with van der Waals surface area (Å²) in [6.45, 7) is 3.21. The van der Waals surface area contributed by atoms with Crippen LogP contribution in [0.2, 0.25) is 10.2 Å². The molecule has 0 unspecified atom stereocenters. The molecule has 0 saturated carbocycles. The molecule has 0 fully saturated rings. The topological polar surface area (TPSA) is 27.1 Å². The highest BCUT2D eigenvalue weighted by Gasteiger charge is 2.20. The van der Waals surface area contributed by atoms with Gasteiger partial charge in [0.1, 0.15) is 5.15 Å². The van der Waals surface area contributed by atoms with Crippen molar-refractivity contribution >= 4 is 23.2 Å². The maximum absolute atomic E-state index is 6.35. The summed E-state index contributed by atoms with van der Waals surface area (Å²) in [5.41, 5.74) is 3.92. The Labute approximate surface area is 115 Å². The maximum atomic E-state index is 6.35. The number of rotatable bonds is 1. The predicted molar refractivity (Wildman–Crippen MR) is 71.7 cm³/mol. The lowest BCUT2D eigenvalue weighted by molar-refractivity contribution is 0.110. The van der Waals surface area contributed by atoms with Crippen molar-refractivity contribution in [2.24, 2.45) is 0 Å². The molecule has 0 spiro atoms. The van der Waals surface area contributed by atoms with Crippen LogP contribution in [0.5, 0.6) is 0 Å². The largest absolute Gasteiger partial charge is 0.376 e. The summed E-state index contributed by atoms with van der Waals surface area (Å²) in [6, 6.07) is 5.81. The van der Waals surface area contributed by atoms with Crippen LogP contribution < -0.4 is 0 Å². The number of aromatic nitrogens is 2. The highest BCUT2D eigenvalue weighted by Crippen LogP contribution is 2.28. The second kappa shape index (κ2) is 4.57. The van der Waals surface area contributed by atoms with E-state index in [9.17, 15) is 0 Å². The van der Waals surface area contributed by atoms with Crippen LogP contribution in [0.4, 0.5) is 0 Å². The zero-order valence-electron chi connectivity index (χ0n) is 9.91. The van der Waals surface area contributed by atoms with Crippen LogP contribution in [0.15, 0.2) is 18.2 Å². The molecule has 1 aromatic heterocycles. The summed E-state index contributed by atoms with van der Waals surface area (Å²) < 4.78 is 7.13. The first-order valence-electron chi connectivity index (χ1n) is 5.77. The molecule has 0 aliphatic carbocycles. The van der Waals surface area contributed by atoms with Gasteiger partial charge >= 0.3 is 0 Å². The normalized spacial score (nSPS) is 14.6. The Hall–Kier alpha value is -1.03. The van der Waals surface area contributed by atoms with Crippen molar-refractivity contribution in [2.45, 2.75) is 20.0 Å². The Bertz CT molecular complexity index is 607. The summed E-state index contributed by atoms with van der Waals surface area (Å²) in [6.07, 6.45) is 0.807. The first-order valence-corrected chi connectivity index (χ1v) is 6.53. The number of aryl methyl sites for hydroxylation is 1. The van der Waals surface area contributed by atoms with Crippen molar-refractivity contribution < 1.29 is 4.74 Å². The molecule has 0 bridgehead atoms. The number of hydrogen-bond acceptors (Lipinski definition) is 2. The predicted octanol–water partition coefficient (Wildman–Crippen LogP) is 3.56. The number of halogens is 2. The molecule has 0 atom stereocenters. The minimum absolute atomic E-state index is 0.535. The van der Waals surface area contributed by atoms with Gasteiger partial charge in [0, 0.05) is 17.0 Å². The molecule has 18 heavy (non-hydrogen) atoms. The van der Waals surface area contributed by atoms with Crippen molar-refractivity contribution in [3.05, 3.63) is 45.2 Å². The van der Waals surface area contributed by atoms with Crippen LogP contribution >= 0.6 is 23.2 Å². The molecule has 0 radical (unpaired) electrons. The van der Waals surface area contributed by atoms with E-state index in [2.05, 4.69) is 5.10 Å². The van der Waals surface area contributed by atoms with E-state index in [1.807, 2.05) is 25.1 Å². The summed E-state index contributed by atoms with van der Waals surface area (Å²) in [4.78, 5) is 0. The Morgan fingerprint density at radius 1 is 1.33 bits per heavy atom. The van der Waals surface area contributed by atoms with Crippen molar-refractivity contribution in [3.8, 4) is 5.69 Å². The van der Waals surface area contributed by atoms with Gasteiger partial charge in [-0.2, -0.15) is 5.10 Å². The van der Waals surface area contributed by atoms with E-state index in [0.29, 0.717) is 23.4 Å². The standard InChI is InChI=1S/C13H12Cl2N2O/c1-8-2-3-9(6-11(8)14)17-13(15)10-7-18-5-4-12(10)16-17/h2-3,6H,4-5,7H2,1H3. The molecule has 94 valence electrons. The highest BCUT2D eigenvalue weighted by atomic mass is 35.5. The van der Waals surface area contributed by atoms with E-state index >= 15 is 0 Å². The third-order valence-corrected chi connectivity index (χ3v) is 3.93. The van der Waals surface area contributed by atoms with Gasteiger partial charge in [-0.25, -0.2) is 4.68 Å². The Kier molecular flexibility index (Phi) is 3.06. The number of nitrogens with zero attached hydrogens (tertiary/aromatic N) is 2. The average molecular weight is 283 g/mol. The zero-order chi connectivity index (χ0) is 12.7. The lowest BCUT2D eigenvalue weighted by Gasteiger charge is -2.09. The van der Waals surface area contributed by atoms with Crippen molar-refractivity contribution in [1.29, 1.82) is 0 Å². The lowest BCUT2D eigenvalue weighted by Crippen LogP contribution is -2.08. The Morgan fingerprint density at radius 3 is 2.89 bits per heavy atom. The molecular weight excluding hydrogens is 271 g/mol. The van der Waals surface area contributed by atoms with Gasteiger partial charge in [-0.3, -0.25) is 0 Å². The maximum Gasteiger partial charge on any atom is 0.138 e. The fraction of sp³-hybridized carbons (Fsp3) is 0.308. The Balaban J connectivity index is 2.11. The van der Waals surface area contributed by atoms with Crippen molar-refractivity contribution in [1.82, 2.24) is 9.78 Å². The van der Waals surface area contributed by atoms with E-state index in [1.54, 1.807) is 4.68 Å². The van der Waals surface area contributed by atoms with E-state index < -0.39 is 0 Å². The SMILES string of the molecule is Cc1ccc(-n2nc3c(c2Cl)COCC3)cc1Cl. The molecule has 1 aliphatic heterocycles. The van der Waals surface area contributed by atoms with Gasteiger partial charge in [0.05, 0.1) is 24.6 Å². The lowest BCUT2D eigenvalue weighted by atomic mass is 10.2. The molecule has 2 aromatic rings. The van der Waals surface area contributed by atoms with Gasteiger partial charge in [0.15, 0.2) is 0 Å².